The summed E-state index contributed by atoms with van der Waals surface area (Å²) in [5.74, 6) is -0.945. The number of hydrogen-bond donors (Lipinski definition) is 1. The molecule has 0 radical (unpaired) electrons. The number of nitro groups is 1. The largest absolute Gasteiger partial charge is 0.368 e. The summed E-state index contributed by atoms with van der Waals surface area (Å²) in [4.78, 5) is 23.1. The van der Waals surface area contributed by atoms with Crippen LogP contribution in [0.1, 0.15) is 17.3 Å². The molecule has 0 spiro atoms. The summed E-state index contributed by atoms with van der Waals surface area (Å²) in [6, 6.07) is 5.96. The van der Waals surface area contributed by atoms with E-state index >= 15 is 0 Å². The van der Waals surface area contributed by atoms with Crippen LogP contribution in [0.3, 0.4) is 0 Å². The summed E-state index contributed by atoms with van der Waals surface area (Å²) in [7, 11) is 1.63. The maximum absolute atomic E-state index is 11.1. The first kappa shape index (κ1) is 14.4. The van der Waals surface area contributed by atoms with Crippen LogP contribution < -0.4 is 10.6 Å². The molecule has 1 aromatic carbocycles. The Morgan fingerprint density at radius 1 is 1.63 bits per heavy atom. The quantitative estimate of drug-likeness (QED) is 0.634. The number of benzene rings is 1. The molecular weight excluding hydrogens is 248 g/mol. The first-order valence-corrected chi connectivity index (χ1v) is 5.55. The molecule has 1 rings (SSSR count). The van der Waals surface area contributed by atoms with Crippen molar-refractivity contribution < 1.29 is 9.72 Å². The second-order valence-electron chi connectivity index (χ2n) is 4.24. The van der Waals surface area contributed by atoms with Gasteiger partial charge in [-0.3, -0.25) is 14.9 Å². The lowest BCUT2D eigenvalue weighted by molar-refractivity contribution is -0.384. The van der Waals surface area contributed by atoms with Gasteiger partial charge < -0.3 is 10.6 Å². The summed E-state index contributed by atoms with van der Waals surface area (Å²) < 4.78 is 0. The van der Waals surface area contributed by atoms with E-state index in [4.69, 9.17) is 11.0 Å². The highest BCUT2D eigenvalue weighted by Gasteiger charge is 2.20. The highest BCUT2D eigenvalue weighted by molar-refractivity contribution is 5.94. The molecule has 1 amide bonds. The van der Waals surface area contributed by atoms with E-state index in [0.717, 1.165) is 0 Å². The molecule has 1 aromatic rings. The van der Waals surface area contributed by atoms with Gasteiger partial charge in [-0.25, -0.2) is 0 Å². The smallest absolute Gasteiger partial charge is 0.292 e. The van der Waals surface area contributed by atoms with E-state index in [0.29, 0.717) is 6.54 Å². The number of nitrogens with zero attached hydrogens (tertiary/aromatic N) is 3. The Balaban J connectivity index is 3.21. The van der Waals surface area contributed by atoms with Crippen LogP contribution in [0.25, 0.3) is 0 Å². The Labute approximate surface area is 110 Å². The minimum absolute atomic E-state index is 0.127. The van der Waals surface area contributed by atoms with Crippen LogP contribution in [0.15, 0.2) is 18.2 Å². The van der Waals surface area contributed by atoms with Crippen molar-refractivity contribution in [3.05, 3.63) is 33.9 Å². The first-order valence-electron chi connectivity index (χ1n) is 5.55. The van der Waals surface area contributed by atoms with Crippen molar-refractivity contribution in [2.75, 3.05) is 18.5 Å². The average Bonchev–Trinajstić information content (AvgIpc) is 2.37. The summed E-state index contributed by atoms with van der Waals surface area (Å²) in [5, 5.41) is 19.7. The molecule has 0 fully saturated rings. The van der Waals surface area contributed by atoms with Gasteiger partial charge in [0.2, 0.25) is 5.91 Å². The predicted molar refractivity (Wildman–Crippen MR) is 69.7 cm³/mol. The highest BCUT2D eigenvalue weighted by atomic mass is 16.6. The maximum Gasteiger partial charge on any atom is 0.292 e. The SMILES string of the molecule is CC(C#N)CN(C)c1cc(C(N)=O)ccc1[N+](=O)[O-]. The third-order valence-corrected chi connectivity index (χ3v) is 2.64. The third kappa shape index (κ3) is 3.42. The molecule has 2 N–H and O–H groups in total. The minimum Gasteiger partial charge on any atom is -0.368 e. The van der Waals surface area contributed by atoms with Crippen molar-refractivity contribution in [2.24, 2.45) is 11.7 Å². The number of nitriles is 1. The van der Waals surface area contributed by atoms with Crippen LogP contribution in [-0.4, -0.2) is 24.4 Å². The predicted octanol–water partition coefficient (Wildman–Crippen LogP) is 1.29. The fourth-order valence-electron chi connectivity index (χ4n) is 1.69. The van der Waals surface area contributed by atoms with Crippen LogP contribution >= 0.6 is 0 Å². The molecule has 0 bridgehead atoms. The van der Waals surface area contributed by atoms with Crippen LogP contribution in [0.4, 0.5) is 11.4 Å². The molecule has 19 heavy (non-hydrogen) atoms. The van der Waals surface area contributed by atoms with E-state index in [1.165, 1.54) is 18.2 Å². The van der Waals surface area contributed by atoms with E-state index in [9.17, 15) is 14.9 Å². The van der Waals surface area contributed by atoms with E-state index in [2.05, 4.69) is 0 Å². The Kier molecular flexibility index (Phi) is 4.42. The van der Waals surface area contributed by atoms with Crippen LogP contribution in [0, 0.1) is 27.4 Å². The first-order chi connectivity index (χ1) is 8.86. The molecule has 0 heterocycles. The molecule has 0 saturated heterocycles. The third-order valence-electron chi connectivity index (χ3n) is 2.64. The van der Waals surface area contributed by atoms with Gasteiger partial charge in [0.25, 0.3) is 5.69 Å². The molecular formula is C12H14N4O3. The van der Waals surface area contributed by atoms with Crippen LogP contribution in [0.5, 0.6) is 0 Å². The van der Waals surface area contributed by atoms with Gasteiger partial charge in [-0.15, -0.1) is 0 Å². The Bertz CT molecular complexity index is 550. The molecule has 0 saturated carbocycles. The van der Waals surface area contributed by atoms with Crippen molar-refractivity contribution in [1.82, 2.24) is 0 Å². The van der Waals surface area contributed by atoms with Gasteiger partial charge in [0, 0.05) is 25.2 Å². The molecule has 1 unspecified atom stereocenters. The van der Waals surface area contributed by atoms with Crippen LogP contribution in [0.2, 0.25) is 0 Å². The van der Waals surface area contributed by atoms with E-state index in [1.807, 2.05) is 6.07 Å². The lowest BCUT2D eigenvalue weighted by Crippen LogP contribution is -2.24. The Morgan fingerprint density at radius 2 is 2.26 bits per heavy atom. The number of nitro benzene ring substituents is 1. The highest BCUT2D eigenvalue weighted by Crippen LogP contribution is 2.28. The van der Waals surface area contributed by atoms with Crippen molar-refractivity contribution >= 4 is 17.3 Å². The standard InChI is InChI=1S/C12H14N4O3/c1-8(6-13)7-15(2)11-5-9(12(14)17)3-4-10(11)16(18)19/h3-5,8H,7H2,1-2H3,(H2,14,17). The molecule has 100 valence electrons. The zero-order valence-electron chi connectivity index (χ0n) is 10.7. The van der Waals surface area contributed by atoms with Crippen molar-refractivity contribution in [3.63, 3.8) is 0 Å². The lowest BCUT2D eigenvalue weighted by Gasteiger charge is -2.20. The topological polar surface area (TPSA) is 113 Å². The molecule has 7 nitrogen and oxygen atoms in total. The molecule has 0 aliphatic rings. The van der Waals surface area contributed by atoms with Gasteiger partial charge in [-0.05, 0) is 19.1 Å². The Morgan fingerprint density at radius 3 is 2.74 bits per heavy atom. The van der Waals surface area contributed by atoms with E-state index < -0.39 is 10.8 Å². The monoisotopic (exact) mass is 262 g/mol. The van der Waals surface area contributed by atoms with E-state index in [1.54, 1.807) is 18.9 Å². The number of rotatable bonds is 5. The summed E-state index contributed by atoms with van der Waals surface area (Å²) in [6.45, 7) is 2.03. The zero-order valence-corrected chi connectivity index (χ0v) is 10.7. The summed E-state index contributed by atoms with van der Waals surface area (Å²) in [6.07, 6.45) is 0. The van der Waals surface area contributed by atoms with Gasteiger partial charge in [-0.1, -0.05) is 0 Å². The number of carbonyl (C=O) groups is 1. The van der Waals surface area contributed by atoms with Gasteiger partial charge in [0.05, 0.1) is 16.9 Å². The van der Waals surface area contributed by atoms with Crippen molar-refractivity contribution in [3.8, 4) is 6.07 Å². The summed E-state index contributed by atoms with van der Waals surface area (Å²) in [5.41, 5.74) is 5.49. The van der Waals surface area contributed by atoms with Gasteiger partial charge in [0.15, 0.2) is 0 Å². The average molecular weight is 262 g/mol. The molecule has 0 aliphatic carbocycles. The minimum atomic E-state index is -0.655. The zero-order chi connectivity index (χ0) is 14.6. The number of nitrogens with two attached hydrogens (primary N) is 1. The summed E-state index contributed by atoms with van der Waals surface area (Å²) >= 11 is 0. The second-order valence-corrected chi connectivity index (χ2v) is 4.24. The lowest BCUT2D eigenvalue weighted by atomic mass is 10.1. The molecule has 7 heteroatoms. The Hall–Kier alpha value is -2.62. The maximum atomic E-state index is 11.1. The van der Waals surface area contributed by atoms with Gasteiger partial charge >= 0.3 is 0 Å². The number of carbonyl (C=O) groups excluding carboxylic acids is 1. The second kappa shape index (κ2) is 5.82. The molecule has 0 aliphatic heterocycles. The van der Waals surface area contributed by atoms with Crippen molar-refractivity contribution in [2.45, 2.75) is 6.92 Å². The number of hydrogen-bond acceptors (Lipinski definition) is 5. The van der Waals surface area contributed by atoms with Gasteiger partial charge in [-0.2, -0.15) is 5.26 Å². The van der Waals surface area contributed by atoms with Crippen LogP contribution in [-0.2, 0) is 0 Å². The fourth-order valence-corrected chi connectivity index (χ4v) is 1.69. The fraction of sp³-hybridized carbons (Fsp3) is 0.333. The number of amides is 1. The van der Waals surface area contributed by atoms with Crippen molar-refractivity contribution in [1.29, 1.82) is 5.26 Å². The normalized spacial score (nSPS) is 11.4. The number of primary amides is 1. The molecule has 0 aromatic heterocycles. The van der Waals surface area contributed by atoms with Gasteiger partial charge in [0.1, 0.15) is 5.69 Å². The number of anilines is 1. The molecule has 1 atom stereocenters. The van der Waals surface area contributed by atoms with E-state index in [-0.39, 0.29) is 22.9 Å².